The van der Waals surface area contributed by atoms with Gasteiger partial charge in [0.25, 0.3) is 5.91 Å². The Kier molecular flexibility index (Phi) is 4.39. The number of benzene rings is 1. The molecule has 7 heteroatoms. The van der Waals surface area contributed by atoms with E-state index in [1.54, 1.807) is 0 Å². The average molecular weight is 413 g/mol. The molecular formula is C21H24N4OS2. The van der Waals surface area contributed by atoms with Crippen molar-refractivity contribution >= 4 is 48.9 Å². The minimum absolute atomic E-state index is 0.126. The Morgan fingerprint density at radius 1 is 1.18 bits per heavy atom. The quantitative estimate of drug-likeness (QED) is 0.581. The first kappa shape index (κ1) is 18.1. The van der Waals surface area contributed by atoms with Crippen LogP contribution in [-0.4, -0.2) is 22.6 Å². The fourth-order valence-electron chi connectivity index (χ4n) is 5.02. The zero-order valence-corrected chi connectivity index (χ0v) is 17.7. The number of rotatable bonds is 5. The molecule has 2 heterocycles. The van der Waals surface area contributed by atoms with Crippen LogP contribution in [0.5, 0.6) is 0 Å². The molecule has 1 aromatic carbocycles. The van der Waals surface area contributed by atoms with Gasteiger partial charge in [-0.05, 0) is 60.0 Å². The van der Waals surface area contributed by atoms with Crippen LogP contribution in [0.1, 0.15) is 42.8 Å². The Labute approximate surface area is 172 Å². The number of fused-ring (bicyclic) bond motifs is 3. The van der Waals surface area contributed by atoms with Gasteiger partial charge in [0.05, 0.1) is 4.88 Å². The lowest BCUT2D eigenvalue weighted by Gasteiger charge is -2.60. The number of carbonyl (C=O) groups is 1. The number of thiophene rings is 1. The molecule has 3 saturated carbocycles. The Morgan fingerprint density at radius 3 is 2.79 bits per heavy atom. The van der Waals surface area contributed by atoms with Crippen molar-refractivity contribution in [2.24, 2.45) is 23.2 Å². The van der Waals surface area contributed by atoms with Crippen LogP contribution in [-0.2, 0) is 0 Å². The van der Waals surface area contributed by atoms with E-state index < -0.39 is 0 Å². The number of nitrogens with one attached hydrogen (secondary N) is 2. The first-order valence-corrected chi connectivity index (χ1v) is 11.5. The molecule has 0 saturated heterocycles. The first-order valence-electron chi connectivity index (χ1n) is 9.88. The van der Waals surface area contributed by atoms with Crippen molar-refractivity contribution < 1.29 is 4.79 Å². The smallest absolute Gasteiger partial charge is 0.267 e. The van der Waals surface area contributed by atoms with Gasteiger partial charge >= 0.3 is 0 Å². The molecule has 3 fully saturated rings. The zero-order chi connectivity index (χ0) is 19.3. The number of aromatic nitrogens is 2. The van der Waals surface area contributed by atoms with E-state index in [0.717, 1.165) is 33.6 Å². The van der Waals surface area contributed by atoms with Gasteiger partial charge in [0, 0.05) is 11.2 Å². The molecule has 2 bridgehead atoms. The van der Waals surface area contributed by atoms with Gasteiger partial charge in [0.1, 0.15) is 0 Å². The summed E-state index contributed by atoms with van der Waals surface area (Å²) in [5.41, 5.74) is 0.495. The highest BCUT2D eigenvalue weighted by atomic mass is 32.1. The zero-order valence-electron chi connectivity index (χ0n) is 16.1. The van der Waals surface area contributed by atoms with Gasteiger partial charge in [-0.3, -0.25) is 10.1 Å². The molecule has 2 N–H and O–H groups in total. The average Bonchev–Trinajstić information content (AvgIpc) is 3.33. The predicted octanol–water partition coefficient (Wildman–Crippen LogP) is 5.49. The van der Waals surface area contributed by atoms with E-state index in [9.17, 15) is 4.79 Å². The topological polar surface area (TPSA) is 66.9 Å². The highest BCUT2D eigenvalue weighted by Crippen LogP contribution is 2.61. The van der Waals surface area contributed by atoms with E-state index in [2.05, 4.69) is 34.7 Å². The summed E-state index contributed by atoms with van der Waals surface area (Å²) < 4.78 is 1.11. The lowest BCUT2D eigenvalue weighted by atomic mass is 9.45. The van der Waals surface area contributed by atoms with Crippen molar-refractivity contribution in [2.75, 3.05) is 17.2 Å². The second-order valence-corrected chi connectivity index (χ2v) is 10.7. The van der Waals surface area contributed by atoms with E-state index in [0.29, 0.717) is 21.3 Å². The summed E-state index contributed by atoms with van der Waals surface area (Å²) in [4.78, 5) is 13.2. The fraction of sp³-hybridized carbons (Fsp3) is 0.476. The lowest BCUT2D eigenvalue weighted by molar-refractivity contribution is -0.100. The molecule has 0 spiro atoms. The molecule has 146 valence electrons. The van der Waals surface area contributed by atoms with Crippen LogP contribution >= 0.6 is 22.7 Å². The molecule has 1 amide bonds. The second-order valence-electron chi connectivity index (χ2n) is 8.59. The van der Waals surface area contributed by atoms with E-state index in [1.165, 1.54) is 41.9 Å². The highest BCUT2D eigenvalue weighted by molar-refractivity contribution is 7.21. The minimum atomic E-state index is -0.126. The van der Waals surface area contributed by atoms with Crippen LogP contribution in [0.15, 0.2) is 30.3 Å². The lowest BCUT2D eigenvalue weighted by Crippen LogP contribution is -2.53. The molecule has 3 atom stereocenters. The molecule has 6 rings (SSSR count). The van der Waals surface area contributed by atoms with E-state index in [1.807, 2.05) is 30.3 Å². The fourth-order valence-corrected chi connectivity index (χ4v) is 6.63. The van der Waals surface area contributed by atoms with Crippen molar-refractivity contribution in [2.45, 2.75) is 33.1 Å². The minimum Gasteiger partial charge on any atom is -0.360 e. The van der Waals surface area contributed by atoms with E-state index in [4.69, 9.17) is 0 Å². The summed E-state index contributed by atoms with van der Waals surface area (Å²) in [5.74, 6) is 2.32. The van der Waals surface area contributed by atoms with E-state index >= 15 is 0 Å². The van der Waals surface area contributed by atoms with Gasteiger partial charge in [0.2, 0.25) is 10.3 Å². The molecule has 3 aliphatic rings. The van der Waals surface area contributed by atoms with Gasteiger partial charge < -0.3 is 5.32 Å². The molecular weight excluding hydrogens is 388 g/mol. The molecule has 3 aliphatic carbocycles. The van der Waals surface area contributed by atoms with Gasteiger partial charge in [-0.15, -0.1) is 21.5 Å². The molecule has 0 aliphatic heterocycles. The van der Waals surface area contributed by atoms with Crippen LogP contribution in [0.4, 0.5) is 10.3 Å². The first-order chi connectivity index (χ1) is 13.5. The van der Waals surface area contributed by atoms with Crippen molar-refractivity contribution in [1.29, 1.82) is 0 Å². The predicted molar refractivity (Wildman–Crippen MR) is 116 cm³/mol. The summed E-state index contributed by atoms with van der Waals surface area (Å²) in [6, 6.07) is 9.94. The van der Waals surface area contributed by atoms with Gasteiger partial charge in [-0.1, -0.05) is 43.4 Å². The van der Waals surface area contributed by atoms with Gasteiger partial charge in [-0.2, -0.15) is 0 Å². The second kappa shape index (κ2) is 6.81. The highest BCUT2D eigenvalue weighted by Gasteiger charge is 2.53. The summed E-state index contributed by atoms with van der Waals surface area (Å²) in [6.45, 7) is 5.79. The number of carbonyl (C=O) groups excluding carboxylic acids is 1. The van der Waals surface area contributed by atoms with Gasteiger partial charge in [-0.25, -0.2) is 0 Å². The molecule has 5 nitrogen and oxygen atoms in total. The summed E-state index contributed by atoms with van der Waals surface area (Å²) in [7, 11) is 0. The van der Waals surface area contributed by atoms with E-state index in [-0.39, 0.29) is 5.91 Å². The number of hydrogen-bond acceptors (Lipinski definition) is 6. The Morgan fingerprint density at radius 2 is 2.00 bits per heavy atom. The normalized spacial score (nSPS) is 25.3. The van der Waals surface area contributed by atoms with Gasteiger partial charge in [0.15, 0.2) is 0 Å². The SMILES string of the molecule is CC1(C)C2CC[C@@H](CNc3nnc(NC(=O)c4cc5ccccc5s4)s3)C1C2. The maximum absolute atomic E-state index is 12.5. The van der Waals surface area contributed by atoms with Crippen molar-refractivity contribution in [3.05, 3.63) is 35.2 Å². The number of hydrogen-bond donors (Lipinski definition) is 2. The Hall–Kier alpha value is -1.99. The molecule has 0 radical (unpaired) electrons. The maximum atomic E-state index is 12.5. The summed E-state index contributed by atoms with van der Waals surface area (Å²) in [6.07, 6.45) is 4.04. The van der Waals surface area contributed by atoms with Crippen LogP contribution in [0.2, 0.25) is 0 Å². The van der Waals surface area contributed by atoms with Crippen LogP contribution in [0, 0.1) is 23.2 Å². The third-order valence-corrected chi connectivity index (χ3v) is 8.72. The molecule has 28 heavy (non-hydrogen) atoms. The summed E-state index contributed by atoms with van der Waals surface area (Å²) >= 11 is 2.90. The summed E-state index contributed by atoms with van der Waals surface area (Å²) in [5, 5.41) is 17.1. The van der Waals surface area contributed by atoms with Crippen LogP contribution in [0.25, 0.3) is 10.1 Å². The monoisotopic (exact) mass is 412 g/mol. The van der Waals surface area contributed by atoms with Crippen LogP contribution < -0.4 is 10.6 Å². The molecule has 2 aromatic heterocycles. The Balaban J connectivity index is 1.20. The molecule has 2 unspecified atom stereocenters. The Bertz CT molecular complexity index is 989. The number of amides is 1. The van der Waals surface area contributed by atoms with Crippen molar-refractivity contribution in [3.8, 4) is 0 Å². The van der Waals surface area contributed by atoms with Crippen molar-refractivity contribution in [3.63, 3.8) is 0 Å². The van der Waals surface area contributed by atoms with Crippen LogP contribution in [0.3, 0.4) is 0 Å². The largest absolute Gasteiger partial charge is 0.360 e. The van der Waals surface area contributed by atoms with Crippen molar-refractivity contribution in [1.82, 2.24) is 10.2 Å². The molecule has 3 aromatic rings. The number of nitrogens with zero attached hydrogens (tertiary/aromatic N) is 2. The third kappa shape index (κ3) is 3.10. The standard InChI is InChI=1S/C21H24N4OS2/c1-21(2)14-8-7-13(15(21)10-14)11-22-19-24-25-20(28-19)23-18(26)17-9-12-5-3-4-6-16(12)27-17/h3-6,9,13-15H,7-8,10-11H2,1-2H3,(H,22,24)(H,23,25,26)/t13-,14?,15?/m0/s1. The number of anilines is 2. The maximum Gasteiger partial charge on any atom is 0.267 e. The third-order valence-electron chi connectivity index (χ3n) is 6.81.